The smallest absolute Gasteiger partial charge is 0.331 e. The van der Waals surface area contributed by atoms with E-state index in [2.05, 4.69) is 0 Å². The Hall–Kier alpha value is -3.85. The highest BCUT2D eigenvalue weighted by Crippen LogP contribution is 2.32. The van der Waals surface area contributed by atoms with E-state index in [1.807, 2.05) is 12.1 Å². The van der Waals surface area contributed by atoms with E-state index in [1.165, 1.54) is 22.5 Å². The van der Waals surface area contributed by atoms with Crippen LogP contribution in [0.4, 0.5) is 14.5 Å². The molecule has 0 spiro atoms. The van der Waals surface area contributed by atoms with E-state index in [1.54, 1.807) is 24.3 Å². The molecule has 0 N–H and O–H groups in total. The first-order valence-corrected chi connectivity index (χ1v) is 11.7. The van der Waals surface area contributed by atoms with Crippen molar-refractivity contribution >= 4 is 33.5 Å². The molecule has 6 nitrogen and oxygen atoms in total. The summed E-state index contributed by atoms with van der Waals surface area (Å²) in [6.07, 6.45) is 3.14. The highest BCUT2D eigenvalue weighted by Gasteiger charge is 2.30. The van der Waals surface area contributed by atoms with Gasteiger partial charge in [-0.25, -0.2) is 22.0 Å². The monoisotopic (exact) mass is 483 g/mol. The molecule has 0 fully saturated rings. The van der Waals surface area contributed by atoms with Gasteiger partial charge in [0.1, 0.15) is 0 Å². The standard InChI is InChI=1S/C25H19F2NO5S/c26-21-11-8-19(15-22(21)27)24(29)16-33-25(30)12-7-17-5-9-20(10-6-17)34(31,32)28-14-13-18-3-1-2-4-23(18)28/h1-12,15H,13-14,16H2/b12-7+. The van der Waals surface area contributed by atoms with Gasteiger partial charge in [-0.05, 0) is 60.0 Å². The molecule has 0 saturated carbocycles. The molecule has 0 unspecified atom stereocenters. The van der Waals surface area contributed by atoms with Gasteiger partial charge in [-0.3, -0.25) is 9.10 Å². The summed E-state index contributed by atoms with van der Waals surface area (Å²) in [6, 6.07) is 16.0. The number of ketones is 1. The summed E-state index contributed by atoms with van der Waals surface area (Å²) >= 11 is 0. The van der Waals surface area contributed by atoms with Crippen molar-refractivity contribution in [2.45, 2.75) is 11.3 Å². The van der Waals surface area contributed by atoms with Crippen LogP contribution in [0.15, 0.2) is 77.7 Å². The number of anilines is 1. The first-order chi connectivity index (χ1) is 16.3. The summed E-state index contributed by atoms with van der Waals surface area (Å²) in [6.45, 7) is -0.263. The average molecular weight is 483 g/mol. The maximum Gasteiger partial charge on any atom is 0.331 e. The van der Waals surface area contributed by atoms with Crippen molar-refractivity contribution in [2.75, 3.05) is 17.5 Å². The van der Waals surface area contributed by atoms with Crippen LogP contribution in [0.3, 0.4) is 0 Å². The number of para-hydroxylation sites is 1. The average Bonchev–Trinajstić information content (AvgIpc) is 3.28. The Balaban J connectivity index is 1.37. The Bertz CT molecular complexity index is 1380. The van der Waals surface area contributed by atoms with Crippen LogP contribution < -0.4 is 4.31 Å². The van der Waals surface area contributed by atoms with Gasteiger partial charge in [0, 0.05) is 18.2 Å². The van der Waals surface area contributed by atoms with Gasteiger partial charge in [0.15, 0.2) is 24.0 Å². The van der Waals surface area contributed by atoms with E-state index in [0.29, 0.717) is 24.2 Å². The molecule has 1 aliphatic rings. The number of ether oxygens (including phenoxy) is 1. The predicted octanol–water partition coefficient (Wildman–Crippen LogP) is 4.16. The lowest BCUT2D eigenvalue weighted by Crippen LogP contribution is -2.29. The van der Waals surface area contributed by atoms with E-state index >= 15 is 0 Å². The molecule has 0 atom stereocenters. The lowest BCUT2D eigenvalue weighted by molar-refractivity contribution is -0.136. The third-order valence-corrected chi connectivity index (χ3v) is 7.14. The molecule has 3 aromatic rings. The largest absolute Gasteiger partial charge is 0.454 e. The number of sulfonamides is 1. The number of carbonyl (C=O) groups excluding carboxylic acids is 2. The number of hydrogen-bond donors (Lipinski definition) is 0. The van der Waals surface area contributed by atoms with E-state index in [0.717, 1.165) is 29.8 Å². The number of halogens is 2. The molecule has 0 aliphatic carbocycles. The van der Waals surface area contributed by atoms with Crippen LogP contribution in [0.2, 0.25) is 0 Å². The predicted molar refractivity (Wildman–Crippen MR) is 122 cm³/mol. The first-order valence-electron chi connectivity index (χ1n) is 10.3. The minimum atomic E-state index is -3.72. The molecule has 0 radical (unpaired) electrons. The lowest BCUT2D eigenvalue weighted by Gasteiger charge is -2.19. The maximum atomic E-state index is 13.2. The normalized spacial score (nSPS) is 13.2. The molecule has 9 heteroatoms. The van der Waals surface area contributed by atoms with Gasteiger partial charge in [0.2, 0.25) is 0 Å². The fraction of sp³-hybridized carbons (Fsp3) is 0.120. The lowest BCUT2D eigenvalue weighted by atomic mass is 10.1. The summed E-state index contributed by atoms with van der Waals surface area (Å²) < 4.78 is 58.5. The second-order valence-corrected chi connectivity index (χ2v) is 9.38. The van der Waals surface area contributed by atoms with E-state index < -0.39 is 40.0 Å². The molecule has 34 heavy (non-hydrogen) atoms. The Morgan fingerprint density at radius 1 is 0.971 bits per heavy atom. The number of fused-ring (bicyclic) bond motifs is 1. The number of hydrogen-bond acceptors (Lipinski definition) is 5. The second kappa shape index (κ2) is 9.56. The highest BCUT2D eigenvalue weighted by molar-refractivity contribution is 7.92. The number of esters is 1. The number of carbonyl (C=O) groups is 2. The molecule has 0 bridgehead atoms. The van der Waals surface area contributed by atoms with Gasteiger partial charge in [-0.15, -0.1) is 0 Å². The third-order valence-electron chi connectivity index (χ3n) is 5.31. The minimum Gasteiger partial charge on any atom is -0.454 e. The maximum absolute atomic E-state index is 13.2. The van der Waals surface area contributed by atoms with Crippen molar-refractivity contribution in [1.29, 1.82) is 0 Å². The SMILES string of the molecule is O=C(/C=C/c1ccc(S(=O)(=O)N2CCc3ccccc32)cc1)OCC(=O)c1ccc(F)c(F)c1. The van der Waals surface area contributed by atoms with Gasteiger partial charge in [0.05, 0.1) is 10.6 Å². The summed E-state index contributed by atoms with van der Waals surface area (Å²) in [7, 11) is -3.72. The number of nitrogens with zero attached hydrogens (tertiary/aromatic N) is 1. The van der Waals surface area contributed by atoms with Crippen LogP contribution >= 0.6 is 0 Å². The van der Waals surface area contributed by atoms with E-state index in [9.17, 15) is 26.8 Å². The van der Waals surface area contributed by atoms with E-state index in [4.69, 9.17) is 4.74 Å². The fourth-order valence-electron chi connectivity index (χ4n) is 3.54. The second-order valence-electron chi connectivity index (χ2n) is 7.52. The minimum absolute atomic E-state index is 0.117. The van der Waals surface area contributed by atoms with Gasteiger partial charge in [0.25, 0.3) is 10.0 Å². The summed E-state index contributed by atoms with van der Waals surface area (Å²) in [5, 5.41) is 0. The van der Waals surface area contributed by atoms with Crippen LogP contribution in [0.5, 0.6) is 0 Å². The topological polar surface area (TPSA) is 80.8 Å². The zero-order chi connectivity index (χ0) is 24.3. The molecule has 174 valence electrons. The number of rotatable bonds is 7. The first kappa shape index (κ1) is 23.3. The Labute approximate surface area is 195 Å². The van der Waals surface area contributed by atoms with Gasteiger partial charge >= 0.3 is 5.97 Å². The van der Waals surface area contributed by atoms with Crippen LogP contribution in [0.25, 0.3) is 6.08 Å². The van der Waals surface area contributed by atoms with Gasteiger partial charge in [-0.1, -0.05) is 30.3 Å². The van der Waals surface area contributed by atoms with Gasteiger partial charge < -0.3 is 4.74 Å². The molecule has 1 aliphatic heterocycles. The number of Topliss-reactive ketones (excluding diaryl/α,β-unsaturated/α-hetero) is 1. The molecular weight excluding hydrogens is 464 g/mol. The summed E-state index contributed by atoms with van der Waals surface area (Å²) in [4.78, 5) is 24.0. The number of benzene rings is 3. The zero-order valence-corrected chi connectivity index (χ0v) is 18.6. The molecule has 3 aromatic carbocycles. The van der Waals surface area contributed by atoms with Crippen molar-refractivity contribution in [3.63, 3.8) is 0 Å². The molecule has 0 saturated heterocycles. The molecule has 0 amide bonds. The zero-order valence-electron chi connectivity index (χ0n) is 17.8. The van der Waals surface area contributed by atoms with Gasteiger partial charge in [-0.2, -0.15) is 0 Å². The molecule has 0 aromatic heterocycles. The van der Waals surface area contributed by atoms with Crippen molar-refractivity contribution in [3.05, 3.63) is 101 Å². The Morgan fingerprint density at radius 2 is 1.71 bits per heavy atom. The summed E-state index contributed by atoms with van der Waals surface area (Å²) in [5.74, 6) is -3.75. The Kier molecular flexibility index (Phi) is 6.56. The molecule has 4 rings (SSSR count). The van der Waals surface area contributed by atoms with Crippen molar-refractivity contribution < 1.29 is 31.5 Å². The molecule has 1 heterocycles. The van der Waals surface area contributed by atoms with Crippen molar-refractivity contribution in [3.8, 4) is 0 Å². The Morgan fingerprint density at radius 3 is 2.44 bits per heavy atom. The third kappa shape index (κ3) is 4.89. The van der Waals surface area contributed by atoms with Crippen LogP contribution in [0, 0.1) is 11.6 Å². The quantitative estimate of drug-likeness (QED) is 0.287. The highest BCUT2D eigenvalue weighted by atomic mass is 32.2. The molecular formula is C25H19F2NO5S. The fourth-order valence-corrected chi connectivity index (χ4v) is 5.04. The van der Waals surface area contributed by atoms with Crippen LogP contribution in [-0.4, -0.2) is 33.3 Å². The van der Waals surface area contributed by atoms with Crippen LogP contribution in [-0.2, 0) is 26.0 Å². The van der Waals surface area contributed by atoms with Crippen molar-refractivity contribution in [2.24, 2.45) is 0 Å². The van der Waals surface area contributed by atoms with Crippen molar-refractivity contribution in [1.82, 2.24) is 0 Å². The van der Waals surface area contributed by atoms with Crippen LogP contribution in [0.1, 0.15) is 21.5 Å². The van der Waals surface area contributed by atoms with E-state index in [-0.39, 0.29) is 10.5 Å². The summed E-state index contributed by atoms with van der Waals surface area (Å²) in [5.41, 5.74) is 2.08.